The minimum Gasteiger partial charge on any atom is -0.338 e. The summed E-state index contributed by atoms with van der Waals surface area (Å²) in [6, 6.07) is 7.18. The topological polar surface area (TPSA) is 124 Å². The van der Waals surface area contributed by atoms with Crippen LogP contribution < -0.4 is 10.6 Å². The first-order valence-electron chi connectivity index (χ1n) is 5.86. The molecular formula is C12H7I2N2O6P. The van der Waals surface area contributed by atoms with Crippen LogP contribution in [0.4, 0.5) is 11.4 Å². The Balaban J connectivity index is 2.56. The van der Waals surface area contributed by atoms with Gasteiger partial charge in [-0.1, -0.05) is 0 Å². The summed E-state index contributed by atoms with van der Waals surface area (Å²) in [6.07, 6.45) is 0. The molecule has 0 amide bonds. The molecule has 0 fully saturated rings. The molecular weight excluding hydrogens is 553 g/mol. The molecule has 0 saturated heterocycles. The van der Waals surface area contributed by atoms with E-state index in [2.05, 4.69) is 0 Å². The molecule has 11 heteroatoms. The summed E-state index contributed by atoms with van der Waals surface area (Å²) in [5.41, 5.74) is -0.368. The van der Waals surface area contributed by atoms with Gasteiger partial charge in [-0.05, 0) is 57.3 Å². The van der Waals surface area contributed by atoms with Gasteiger partial charge in [-0.25, -0.2) is 0 Å². The lowest BCUT2D eigenvalue weighted by Crippen LogP contribution is -2.20. The minimum atomic E-state index is -4.03. The van der Waals surface area contributed by atoms with Gasteiger partial charge in [0.2, 0.25) is 0 Å². The Kier molecular flexibility index (Phi) is 5.38. The molecule has 0 atom stereocenters. The molecule has 8 nitrogen and oxygen atoms in total. The molecule has 0 aliphatic carbocycles. The van der Waals surface area contributed by atoms with E-state index < -0.39 is 17.2 Å². The Bertz CT molecular complexity index is 805. The quantitative estimate of drug-likeness (QED) is 0.266. The third kappa shape index (κ3) is 3.70. The first kappa shape index (κ1) is 18.2. The van der Waals surface area contributed by atoms with Gasteiger partial charge < -0.3 is 4.89 Å². The molecule has 2 rings (SSSR count). The highest BCUT2D eigenvalue weighted by Gasteiger charge is 2.30. The molecule has 0 bridgehead atoms. The number of halogens is 2. The molecule has 2 aromatic carbocycles. The minimum absolute atomic E-state index is 0.0514. The Hall–Kier alpha value is -1.11. The maximum atomic E-state index is 12.8. The van der Waals surface area contributed by atoms with Gasteiger partial charge in [0.25, 0.3) is 18.7 Å². The van der Waals surface area contributed by atoms with E-state index in [1.807, 2.05) is 0 Å². The average Bonchev–Trinajstić information content (AvgIpc) is 2.46. The van der Waals surface area contributed by atoms with Gasteiger partial charge >= 0.3 is 0 Å². The van der Waals surface area contributed by atoms with Gasteiger partial charge in [0, 0.05) is 31.4 Å². The highest BCUT2D eigenvalue weighted by Crippen LogP contribution is 2.42. The van der Waals surface area contributed by atoms with E-state index in [0.29, 0.717) is 0 Å². The predicted octanol–water partition coefficient (Wildman–Crippen LogP) is 2.93. The first-order chi connectivity index (χ1) is 10.6. The fourth-order valence-electron chi connectivity index (χ4n) is 1.84. The van der Waals surface area contributed by atoms with Crippen molar-refractivity contribution < 1.29 is 19.3 Å². The number of nitro benzene ring substituents is 2. The zero-order chi connectivity index (χ0) is 17.4. The maximum absolute atomic E-state index is 12.8. The van der Waals surface area contributed by atoms with Crippen molar-refractivity contribution in [2.24, 2.45) is 0 Å². The van der Waals surface area contributed by atoms with Crippen molar-refractivity contribution in [1.29, 1.82) is 0 Å². The smallest absolute Gasteiger partial charge is 0.270 e. The third-order valence-corrected chi connectivity index (χ3v) is 7.66. The molecule has 2 aromatic rings. The van der Waals surface area contributed by atoms with E-state index in [0.717, 1.165) is 12.1 Å². The zero-order valence-electron chi connectivity index (χ0n) is 11.1. The Morgan fingerprint density at radius 2 is 1.22 bits per heavy atom. The second-order valence-corrected chi connectivity index (χ2v) is 8.80. The van der Waals surface area contributed by atoms with E-state index in [-0.39, 0.29) is 29.1 Å². The van der Waals surface area contributed by atoms with Crippen molar-refractivity contribution in [3.05, 3.63) is 63.8 Å². The predicted molar refractivity (Wildman–Crippen MR) is 101 cm³/mol. The lowest BCUT2D eigenvalue weighted by molar-refractivity contribution is -0.385. The molecule has 0 saturated carbocycles. The number of rotatable bonds is 4. The van der Waals surface area contributed by atoms with Crippen LogP contribution in [0.2, 0.25) is 0 Å². The Morgan fingerprint density at radius 1 is 0.870 bits per heavy atom. The zero-order valence-corrected chi connectivity index (χ0v) is 16.3. The lowest BCUT2D eigenvalue weighted by atomic mass is 10.3. The van der Waals surface area contributed by atoms with E-state index in [1.165, 1.54) is 24.3 Å². The van der Waals surface area contributed by atoms with E-state index in [9.17, 15) is 29.7 Å². The van der Waals surface area contributed by atoms with Crippen molar-refractivity contribution in [1.82, 2.24) is 0 Å². The molecule has 0 aliphatic heterocycles. The van der Waals surface area contributed by atoms with Crippen molar-refractivity contribution in [2.45, 2.75) is 0 Å². The fourth-order valence-corrected chi connectivity index (χ4v) is 6.32. The van der Waals surface area contributed by atoms with Gasteiger partial charge in [0.1, 0.15) is 0 Å². The molecule has 0 unspecified atom stereocenters. The normalized spacial score (nSPS) is 11.3. The van der Waals surface area contributed by atoms with Crippen LogP contribution in [0.5, 0.6) is 0 Å². The average molecular weight is 560 g/mol. The molecule has 0 heterocycles. The van der Waals surface area contributed by atoms with Crippen LogP contribution >= 0.6 is 52.6 Å². The largest absolute Gasteiger partial charge is 0.338 e. The summed E-state index contributed by atoms with van der Waals surface area (Å²) >= 11 is 3.51. The van der Waals surface area contributed by atoms with Crippen molar-refractivity contribution in [2.75, 3.05) is 0 Å². The van der Waals surface area contributed by atoms with Crippen LogP contribution in [0.15, 0.2) is 36.4 Å². The molecule has 120 valence electrons. The number of benzene rings is 2. The molecule has 0 aromatic heterocycles. The summed E-state index contributed by atoms with van der Waals surface area (Å²) in [6.45, 7) is 0. The number of nitrogens with zero attached hydrogens (tertiary/aromatic N) is 2. The highest BCUT2D eigenvalue weighted by molar-refractivity contribution is 14.1. The molecule has 0 spiro atoms. The Labute approximate surface area is 156 Å². The van der Waals surface area contributed by atoms with Gasteiger partial charge in [0.05, 0.1) is 20.5 Å². The van der Waals surface area contributed by atoms with Crippen molar-refractivity contribution >= 4 is 74.5 Å². The highest BCUT2D eigenvalue weighted by atomic mass is 127. The van der Waals surface area contributed by atoms with Crippen molar-refractivity contribution in [3.63, 3.8) is 0 Å². The number of hydrogen-bond acceptors (Lipinski definition) is 5. The van der Waals surface area contributed by atoms with Gasteiger partial charge in [-0.2, -0.15) is 0 Å². The third-order valence-electron chi connectivity index (χ3n) is 2.94. The lowest BCUT2D eigenvalue weighted by Gasteiger charge is -2.15. The van der Waals surface area contributed by atoms with Crippen LogP contribution in [0.1, 0.15) is 0 Å². The van der Waals surface area contributed by atoms with Crippen LogP contribution in [0.3, 0.4) is 0 Å². The van der Waals surface area contributed by atoms with Gasteiger partial charge in [-0.3, -0.25) is 24.8 Å². The summed E-state index contributed by atoms with van der Waals surface area (Å²) in [7, 11) is -4.03. The molecule has 0 radical (unpaired) electrons. The number of non-ortho nitro benzene ring substituents is 2. The van der Waals surface area contributed by atoms with E-state index >= 15 is 0 Å². The summed E-state index contributed by atoms with van der Waals surface area (Å²) in [5, 5.41) is 21.6. The van der Waals surface area contributed by atoms with Gasteiger partial charge in [-0.15, -0.1) is 0 Å². The monoisotopic (exact) mass is 560 g/mol. The second kappa shape index (κ2) is 6.79. The summed E-state index contributed by atoms with van der Waals surface area (Å²) in [4.78, 5) is 30.8. The molecule has 1 N–H and O–H groups in total. The van der Waals surface area contributed by atoms with Crippen molar-refractivity contribution in [3.8, 4) is 0 Å². The first-order valence-corrected chi connectivity index (χ1v) is 9.68. The second-order valence-electron chi connectivity index (χ2n) is 4.36. The maximum Gasteiger partial charge on any atom is 0.270 e. The van der Waals surface area contributed by atoms with Crippen LogP contribution in [-0.2, 0) is 4.57 Å². The van der Waals surface area contributed by atoms with Crippen LogP contribution in [0.25, 0.3) is 0 Å². The summed E-state index contributed by atoms with van der Waals surface area (Å²) in [5.74, 6) is 0. The molecule has 23 heavy (non-hydrogen) atoms. The molecule has 0 aliphatic rings. The Morgan fingerprint density at radius 3 is 1.48 bits per heavy atom. The number of hydrogen-bond donors (Lipinski definition) is 1. The number of nitro groups is 2. The van der Waals surface area contributed by atoms with Crippen LogP contribution in [0, 0.1) is 27.4 Å². The van der Waals surface area contributed by atoms with Gasteiger partial charge in [0.15, 0.2) is 0 Å². The summed E-state index contributed by atoms with van der Waals surface area (Å²) < 4.78 is 13.4. The van der Waals surface area contributed by atoms with E-state index in [4.69, 9.17) is 0 Å². The SMILES string of the molecule is O=[N+]([O-])c1ccc(P(=O)(O)c2ccc([N+](=O)[O-])cc2I)c(I)c1. The standard InChI is InChI=1S/C12H7I2N2O6P/c13-9-5-7(15(17)18)1-3-11(9)23(21,22)12-4-2-8(16(19)20)6-10(12)14/h1-6H,(H,21,22). The van der Waals surface area contributed by atoms with Crippen LogP contribution in [-0.4, -0.2) is 14.7 Å². The van der Waals surface area contributed by atoms with E-state index in [1.54, 1.807) is 45.2 Å². The fraction of sp³-hybridized carbons (Fsp3) is 0.